The lowest BCUT2D eigenvalue weighted by Gasteiger charge is -2.36. The first-order chi connectivity index (χ1) is 9.77. The SMILES string of the molecule is C[C@H](C(=O)NC(=O)NC1CC1)N1CCN(S(C)(=O)=O)CC1. The van der Waals surface area contributed by atoms with E-state index in [0.29, 0.717) is 26.2 Å². The minimum absolute atomic E-state index is 0.200. The topological polar surface area (TPSA) is 98.8 Å². The van der Waals surface area contributed by atoms with Gasteiger partial charge in [-0.15, -0.1) is 0 Å². The molecule has 2 rings (SSSR count). The van der Waals surface area contributed by atoms with E-state index < -0.39 is 22.1 Å². The summed E-state index contributed by atoms with van der Waals surface area (Å²) in [7, 11) is -3.18. The molecule has 2 fully saturated rings. The fraction of sp³-hybridized carbons (Fsp3) is 0.833. The number of carbonyl (C=O) groups excluding carboxylic acids is 2. The van der Waals surface area contributed by atoms with Gasteiger partial charge in [0.2, 0.25) is 15.9 Å². The van der Waals surface area contributed by atoms with Gasteiger partial charge in [0, 0.05) is 32.2 Å². The maximum Gasteiger partial charge on any atom is 0.321 e. The summed E-state index contributed by atoms with van der Waals surface area (Å²) < 4.78 is 24.2. The number of rotatable bonds is 4. The molecule has 2 N–H and O–H groups in total. The third-order valence-electron chi connectivity index (χ3n) is 3.82. The Morgan fingerprint density at radius 3 is 2.19 bits per heavy atom. The molecular weight excluding hydrogens is 296 g/mol. The number of amides is 3. The van der Waals surface area contributed by atoms with Gasteiger partial charge in [-0.25, -0.2) is 13.2 Å². The van der Waals surface area contributed by atoms with Crippen LogP contribution in [0.25, 0.3) is 0 Å². The summed E-state index contributed by atoms with van der Waals surface area (Å²) >= 11 is 0. The molecule has 1 heterocycles. The number of hydrogen-bond donors (Lipinski definition) is 2. The van der Waals surface area contributed by atoms with Crippen LogP contribution < -0.4 is 10.6 Å². The van der Waals surface area contributed by atoms with Gasteiger partial charge in [0.1, 0.15) is 0 Å². The van der Waals surface area contributed by atoms with Crippen LogP contribution in [-0.2, 0) is 14.8 Å². The Bertz CT molecular complexity index is 509. The van der Waals surface area contributed by atoms with Gasteiger partial charge >= 0.3 is 6.03 Å². The first-order valence-electron chi connectivity index (χ1n) is 7.08. The van der Waals surface area contributed by atoms with Crippen molar-refractivity contribution in [3.63, 3.8) is 0 Å². The van der Waals surface area contributed by atoms with Crippen LogP contribution in [0, 0.1) is 0 Å². The van der Waals surface area contributed by atoms with Crippen LogP contribution in [0.15, 0.2) is 0 Å². The number of piperazine rings is 1. The number of imide groups is 1. The number of sulfonamides is 1. The second-order valence-electron chi connectivity index (χ2n) is 5.61. The van der Waals surface area contributed by atoms with Crippen LogP contribution >= 0.6 is 0 Å². The van der Waals surface area contributed by atoms with Gasteiger partial charge in [0.25, 0.3) is 0 Å². The van der Waals surface area contributed by atoms with Gasteiger partial charge in [0.05, 0.1) is 12.3 Å². The average Bonchev–Trinajstić information content (AvgIpc) is 3.20. The number of nitrogens with zero attached hydrogens (tertiary/aromatic N) is 2. The highest BCUT2D eigenvalue weighted by Crippen LogP contribution is 2.18. The van der Waals surface area contributed by atoms with E-state index >= 15 is 0 Å². The Morgan fingerprint density at radius 1 is 1.14 bits per heavy atom. The molecule has 2 aliphatic rings. The molecule has 9 heteroatoms. The van der Waals surface area contributed by atoms with E-state index in [1.165, 1.54) is 10.6 Å². The lowest BCUT2D eigenvalue weighted by molar-refractivity contribution is -0.125. The summed E-state index contributed by atoms with van der Waals surface area (Å²) in [6.45, 7) is 3.41. The number of nitrogens with one attached hydrogen (secondary N) is 2. The standard InChI is InChI=1S/C12H22N4O4S/c1-9(11(17)14-12(18)13-10-3-4-10)15-5-7-16(8-6-15)21(2,19)20/h9-10H,3-8H2,1-2H3,(H2,13,14,17,18)/t9-/m1/s1. The van der Waals surface area contributed by atoms with E-state index in [2.05, 4.69) is 10.6 Å². The highest BCUT2D eigenvalue weighted by molar-refractivity contribution is 7.88. The molecule has 0 bridgehead atoms. The molecule has 0 aromatic carbocycles. The summed E-state index contributed by atoms with van der Waals surface area (Å²) in [5, 5.41) is 5.02. The molecule has 1 saturated carbocycles. The van der Waals surface area contributed by atoms with Crippen molar-refractivity contribution in [2.24, 2.45) is 0 Å². The molecule has 8 nitrogen and oxygen atoms in total. The van der Waals surface area contributed by atoms with Gasteiger partial charge in [-0.3, -0.25) is 15.0 Å². The maximum atomic E-state index is 12.0. The Morgan fingerprint density at radius 2 is 1.71 bits per heavy atom. The van der Waals surface area contributed by atoms with Crippen molar-refractivity contribution in [2.45, 2.75) is 31.8 Å². The van der Waals surface area contributed by atoms with E-state index in [-0.39, 0.29) is 11.9 Å². The smallest absolute Gasteiger partial charge is 0.321 e. The lowest BCUT2D eigenvalue weighted by Crippen LogP contribution is -2.56. The maximum absolute atomic E-state index is 12.0. The van der Waals surface area contributed by atoms with Crippen molar-refractivity contribution in [2.75, 3.05) is 32.4 Å². The van der Waals surface area contributed by atoms with E-state index in [9.17, 15) is 18.0 Å². The zero-order valence-electron chi connectivity index (χ0n) is 12.3. The minimum Gasteiger partial charge on any atom is -0.335 e. The van der Waals surface area contributed by atoms with Crippen LogP contribution in [-0.4, -0.2) is 74.1 Å². The quantitative estimate of drug-likeness (QED) is 0.688. The first-order valence-corrected chi connectivity index (χ1v) is 8.93. The van der Waals surface area contributed by atoms with Crippen LogP contribution in [0.2, 0.25) is 0 Å². The third kappa shape index (κ3) is 4.65. The predicted molar refractivity (Wildman–Crippen MR) is 77.1 cm³/mol. The van der Waals surface area contributed by atoms with Crippen LogP contribution in [0.1, 0.15) is 19.8 Å². The van der Waals surface area contributed by atoms with Crippen molar-refractivity contribution in [3.8, 4) is 0 Å². The fourth-order valence-corrected chi connectivity index (χ4v) is 3.08. The van der Waals surface area contributed by atoms with Gasteiger partial charge in [-0.05, 0) is 19.8 Å². The molecule has 0 spiro atoms. The van der Waals surface area contributed by atoms with Crippen molar-refractivity contribution in [1.29, 1.82) is 0 Å². The van der Waals surface area contributed by atoms with Crippen molar-refractivity contribution in [3.05, 3.63) is 0 Å². The Hall–Kier alpha value is -1.19. The fourth-order valence-electron chi connectivity index (χ4n) is 2.25. The Balaban J connectivity index is 1.79. The lowest BCUT2D eigenvalue weighted by atomic mass is 10.2. The van der Waals surface area contributed by atoms with Crippen molar-refractivity contribution >= 4 is 22.0 Å². The number of urea groups is 1. The Kier molecular flexibility index (Phi) is 4.84. The molecular formula is C12H22N4O4S. The van der Waals surface area contributed by atoms with E-state index in [0.717, 1.165) is 12.8 Å². The van der Waals surface area contributed by atoms with Gasteiger partial charge < -0.3 is 5.32 Å². The summed E-state index contributed by atoms with van der Waals surface area (Å²) in [4.78, 5) is 25.4. The van der Waals surface area contributed by atoms with Crippen LogP contribution in [0.4, 0.5) is 4.79 Å². The summed E-state index contributed by atoms with van der Waals surface area (Å²) in [5.74, 6) is -0.360. The molecule has 1 saturated heterocycles. The number of carbonyl (C=O) groups is 2. The van der Waals surface area contributed by atoms with Gasteiger partial charge in [-0.1, -0.05) is 0 Å². The largest absolute Gasteiger partial charge is 0.335 e. The van der Waals surface area contributed by atoms with Crippen molar-refractivity contribution < 1.29 is 18.0 Å². The molecule has 0 unspecified atom stereocenters. The summed E-state index contributed by atoms with van der Waals surface area (Å²) in [6.07, 6.45) is 3.11. The molecule has 0 aromatic heterocycles. The van der Waals surface area contributed by atoms with E-state index in [1.54, 1.807) is 6.92 Å². The second kappa shape index (κ2) is 6.29. The summed E-state index contributed by atoms with van der Waals surface area (Å²) in [5.41, 5.74) is 0. The first kappa shape index (κ1) is 16.2. The van der Waals surface area contributed by atoms with Gasteiger partial charge in [-0.2, -0.15) is 4.31 Å². The molecule has 120 valence electrons. The second-order valence-corrected chi connectivity index (χ2v) is 7.59. The molecule has 1 atom stereocenters. The Labute approximate surface area is 124 Å². The monoisotopic (exact) mass is 318 g/mol. The molecule has 3 amide bonds. The zero-order chi connectivity index (χ0) is 15.6. The van der Waals surface area contributed by atoms with E-state index in [4.69, 9.17) is 0 Å². The third-order valence-corrected chi connectivity index (χ3v) is 5.12. The number of hydrogen-bond acceptors (Lipinski definition) is 5. The average molecular weight is 318 g/mol. The molecule has 21 heavy (non-hydrogen) atoms. The van der Waals surface area contributed by atoms with Crippen LogP contribution in [0.5, 0.6) is 0 Å². The zero-order valence-corrected chi connectivity index (χ0v) is 13.1. The summed E-state index contributed by atoms with van der Waals surface area (Å²) in [6, 6.07) is -0.716. The molecule has 1 aliphatic carbocycles. The predicted octanol–water partition coefficient (Wildman–Crippen LogP) is -1.06. The molecule has 0 radical (unpaired) electrons. The molecule has 0 aromatic rings. The van der Waals surface area contributed by atoms with Gasteiger partial charge in [0.15, 0.2) is 0 Å². The highest BCUT2D eigenvalue weighted by atomic mass is 32.2. The highest BCUT2D eigenvalue weighted by Gasteiger charge is 2.30. The normalized spacial score (nSPS) is 22.6. The van der Waals surface area contributed by atoms with Crippen molar-refractivity contribution in [1.82, 2.24) is 19.8 Å². The minimum atomic E-state index is -3.18. The molecule has 1 aliphatic heterocycles. The van der Waals surface area contributed by atoms with Crippen LogP contribution in [0.3, 0.4) is 0 Å². The van der Waals surface area contributed by atoms with E-state index in [1.807, 2.05) is 4.90 Å².